The number of methoxy groups -OCH3 is 2. The van der Waals surface area contributed by atoms with Gasteiger partial charge < -0.3 is 14.0 Å². The van der Waals surface area contributed by atoms with Gasteiger partial charge in [0.05, 0.1) is 19.5 Å². The zero-order valence-electron chi connectivity index (χ0n) is 12.5. The predicted octanol–water partition coefficient (Wildman–Crippen LogP) is 2.80. The maximum absolute atomic E-state index is 12.5. The second kappa shape index (κ2) is 6.67. The van der Waals surface area contributed by atoms with E-state index in [0.29, 0.717) is 17.1 Å². The fraction of sp³-hybridized carbons (Fsp3) is 0.333. The first-order valence-corrected chi connectivity index (χ1v) is 7.35. The molecule has 5 nitrogen and oxygen atoms in total. The molecular weight excluding hydrogens is 288 g/mol. The van der Waals surface area contributed by atoms with Crippen LogP contribution in [0.5, 0.6) is 11.5 Å². The average molecular weight is 306 g/mol. The number of Topliss-reactive ketones (excluding diaryl/α,β-unsaturated/α-hetero) is 1. The Morgan fingerprint density at radius 3 is 2.57 bits per heavy atom. The number of ketones is 1. The summed E-state index contributed by atoms with van der Waals surface area (Å²) in [6, 6.07) is 5.19. The van der Waals surface area contributed by atoms with Gasteiger partial charge in [0.25, 0.3) is 0 Å². The van der Waals surface area contributed by atoms with Crippen molar-refractivity contribution in [3.63, 3.8) is 0 Å². The Morgan fingerprint density at radius 2 is 2.00 bits per heavy atom. The van der Waals surface area contributed by atoms with Gasteiger partial charge in [-0.3, -0.25) is 4.79 Å². The van der Waals surface area contributed by atoms with E-state index in [0.717, 1.165) is 5.16 Å². The summed E-state index contributed by atoms with van der Waals surface area (Å²) >= 11 is 1.43. The number of carbonyl (C=O) groups excluding carboxylic acids is 1. The smallest absolute Gasteiger partial charge is 0.176 e. The third kappa shape index (κ3) is 3.39. The van der Waals surface area contributed by atoms with Gasteiger partial charge in [-0.15, -0.1) is 0 Å². The quantitative estimate of drug-likeness (QED) is 0.607. The van der Waals surface area contributed by atoms with Crippen LogP contribution in [0.15, 0.2) is 35.7 Å². The zero-order chi connectivity index (χ0) is 15.4. The van der Waals surface area contributed by atoms with Gasteiger partial charge in [-0.25, -0.2) is 4.98 Å². The largest absolute Gasteiger partial charge is 0.493 e. The Labute approximate surface area is 128 Å². The molecule has 2 rings (SSSR count). The Kier molecular flexibility index (Phi) is 4.90. The molecule has 0 spiro atoms. The van der Waals surface area contributed by atoms with Gasteiger partial charge in [0.15, 0.2) is 22.4 Å². The van der Waals surface area contributed by atoms with Crippen LogP contribution < -0.4 is 9.47 Å². The molecule has 21 heavy (non-hydrogen) atoms. The van der Waals surface area contributed by atoms with Crippen LogP contribution in [-0.2, 0) is 7.05 Å². The monoisotopic (exact) mass is 306 g/mol. The molecule has 0 unspecified atom stereocenters. The second-order valence-electron chi connectivity index (χ2n) is 4.51. The zero-order valence-corrected chi connectivity index (χ0v) is 13.3. The Balaban J connectivity index is 2.17. The number of hydrogen-bond donors (Lipinski definition) is 0. The van der Waals surface area contributed by atoms with Crippen molar-refractivity contribution in [2.75, 3.05) is 14.2 Å². The molecule has 0 fully saturated rings. The third-order valence-electron chi connectivity index (χ3n) is 3.10. The highest BCUT2D eigenvalue weighted by molar-refractivity contribution is 8.00. The molecule has 1 heterocycles. The molecule has 0 saturated heterocycles. The lowest BCUT2D eigenvalue weighted by Crippen LogP contribution is -2.14. The van der Waals surface area contributed by atoms with Gasteiger partial charge in [-0.05, 0) is 25.1 Å². The van der Waals surface area contributed by atoms with Crippen LogP contribution in [0.2, 0.25) is 0 Å². The van der Waals surface area contributed by atoms with Crippen molar-refractivity contribution in [2.45, 2.75) is 17.3 Å². The summed E-state index contributed by atoms with van der Waals surface area (Å²) in [6.07, 6.45) is 3.58. The number of rotatable bonds is 6. The van der Waals surface area contributed by atoms with Crippen molar-refractivity contribution in [1.82, 2.24) is 9.55 Å². The lowest BCUT2D eigenvalue weighted by atomic mass is 10.1. The SMILES string of the molecule is COc1ccc(C(=O)[C@@H](C)Sc2nccn2C)cc1OC. The molecule has 0 aliphatic carbocycles. The first-order valence-electron chi connectivity index (χ1n) is 6.47. The van der Waals surface area contributed by atoms with Crippen molar-refractivity contribution in [1.29, 1.82) is 0 Å². The molecule has 112 valence electrons. The Hall–Kier alpha value is -1.95. The van der Waals surface area contributed by atoms with E-state index in [-0.39, 0.29) is 11.0 Å². The van der Waals surface area contributed by atoms with E-state index < -0.39 is 0 Å². The number of carbonyl (C=O) groups is 1. The van der Waals surface area contributed by atoms with Gasteiger partial charge in [-0.1, -0.05) is 11.8 Å². The van der Waals surface area contributed by atoms with Crippen molar-refractivity contribution in [3.8, 4) is 11.5 Å². The summed E-state index contributed by atoms with van der Waals surface area (Å²) in [7, 11) is 5.03. The summed E-state index contributed by atoms with van der Waals surface area (Å²) in [5.74, 6) is 1.19. The minimum Gasteiger partial charge on any atom is -0.493 e. The van der Waals surface area contributed by atoms with Crippen molar-refractivity contribution in [2.24, 2.45) is 7.05 Å². The van der Waals surface area contributed by atoms with Gasteiger partial charge in [0.2, 0.25) is 0 Å². The standard InChI is InChI=1S/C15H18N2O3S/c1-10(21-15-16-7-8-17(15)2)14(18)11-5-6-12(19-3)13(9-11)20-4/h5-10H,1-4H3/t10-/m1/s1. The van der Waals surface area contributed by atoms with Gasteiger partial charge >= 0.3 is 0 Å². The first-order chi connectivity index (χ1) is 10.1. The van der Waals surface area contributed by atoms with Crippen LogP contribution in [0.1, 0.15) is 17.3 Å². The van der Waals surface area contributed by atoms with Gasteiger partial charge in [0, 0.05) is 25.0 Å². The van der Waals surface area contributed by atoms with Crippen molar-refractivity contribution < 1.29 is 14.3 Å². The van der Waals surface area contributed by atoms with Crippen molar-refractivity contribution in [3.05, 3.63) is 36.2 Å². The summed E-state index contributed by atoms with van der Waals surface area (Å²) in [5, 5.41) is 0.584. The van der Waals surface area contributed by atoms with Crippen LogP contribution in [0.4, 0.5) is 0 Å². The number of benzene rings is 1. The summed E-state index contributed by atoms with van der Waals surface area (Å²) in [5.41, 5.74) is 0.599. The number of hydrogen-bond acceptors (Lipinski definition) is 5. The maximum Gasteiger partial charge on any atom is 0.176 e. The fourth-order valence-electron chi connectivity index (χ4n) is 1.90. The molecule has 1 atom stereocenters. The number of thioether (sulfide) groups is 1. The van der Waals surface area contributed by atoms with E-state index in [1.54, 1.807) is 38.6 Å². The minimum atomic E-state index is -0.232. The van der Waals surface area contributed by atoms with Crippen LogP contribution in [0.25, 0.3) is 0 Å². The summed E-state index contributed by atoms with van der Waals surface area (Å²) in [4.78, 5) is 16.7. The predicted molar refractivity (Wildman–Crippen MR) is 82.4 cm³/mol. The molecular formula is C15H18N2O3S. The highest BCUT2D eigenvalue weighted by Crippen LogP contribution is 2.30. The molecule has 0 radical (unpaired) electrons. The molecule has 0 aliphatic rings. The Bertz CT molecular complexity index is 640. The van der Waals surface area contributed by atoms with Gasteiger partial charge in [0.1, 0.15) is 0 Å². The third-order valence-corrected chi connectivity index (χ3v) is 4.27. The lowest BCUT2D eigenvalue weighted by molar-refractivity contribution is 0.0993. The van der Waals surface area contributed by atoms with E-state index >= 15 is 0 Å². The maximum atomic E-state index is 12.5. The van der Waals surface area contributed by atoms with Gasteiger partial charge in [-0.2, -0.15) is 0 Å². The molecule has 0 bridgehead atoms. The molecule has 2 aromatic rings. The number of nitrogens with zero attached hydrogens (tertiary/aromatic N) is 2. The normalized spacial score (nSPS) is 12.0. The van der Waals surface area contributed by atoms with Crippen LogP contribution >= 0.6 is 11.8 Å². The van der Waals surface area contributed by atoms with Crippen LogP contribution in [-0.4, -0.2) is 34.8 Å². The highest BCUT2D eigenvalue weighted by atomic mass is 32.2. The summed E-state index contributed by atoms with van der Waals surface area (Å²) in [6.45, 7) is 1.87. The molecule has 0 amide bonds. The average Bonchev–Trinajstić information content (AvgIpc) is 2.90. The van der Waals surface area contributed by atoms with Crippen molar-refractivity contribution >= 4 is 17.5 Å². The number of imidazole rings is 1. The van der Waals surface area contributed by atoms with Crippen LogP contribution in [0.3, 0.4) is 0 Å². The number of ether oxygens (including phenoxy) is 2. The number of aryl methyl sites for hydroxylation is 1. The molecule has 0 N–H and O–H groups in total. The van der Waals surface area contributed by atoms with E-state index in [4.69, 9.17) is 9.47 Å². The second-order valence-corrected chi connectivity index (χ2v) is 5.82. The molecule has 6 heteroatoms. The topological polar surface area (TPSA) is 53.3 Å². The minimum absolute atomic E-state index is 0.0314. The Morgan fingerprint density at radius 1 is 1.29 bits per heavy atom. The lowest BCUT2D eigenvalue weighted by Gasteiger charge is -2.12. The number of aromatic nitrogens is 2. The fourth-order valence-corrected chi connectivity index (χ4v) is 2.81. The van der Waals surface area contributed by atoms with Crippen LogP contribution in [0, 0.1) is 0 Å². The molecule has 0 saturated carbocycles. The van der Waals surface area contributed by atoms with E-state index in [2.05, 4.69) is 4.98 Å². The van der Waals surface area contributed by atoms with E-state index in [1.807, 2.05) is 24.7 Å². The summed E-state index contributed by atoms with van der Waals surface area (Å²) < 4.78 is 12.3. The first kappa shape index (κ1) is 15.4. The molecule has 1 aromatic carbocycles. The van der Waals surface area contributed by atoms with E-state index in [1.165, 1.54) is 11.8 Å². The molecule has 0 aliphatic heterocycles. The molecule has 1 aromatic heterocycles. The highest BCUT2D eigenvalue weighted by Gasteiger charge is 2.19. The van der Waals surface area contributed by atoms with E-state index in [9.17, 15) is 4.79 Å².